The van der Waals surface area contributed by atoms with Gasteiger partial charge in [0.25, 0.3) is 0 Å². The molecular formula is C45H30AlN3O3. The second-order valence-corrected chi connectivity index (χ2v) is 13.6. The topological polar surface area (TPSA) is 66.4 Å². The maximum atomic E-state index is 6.83. The van der Waals surface area contributed by atoms with E-state index >= 15 is 0 Å². The van der Waals surface area contributed by atoms with Crippen molar-refractivity contribution in [1.82, 2.24) is 15.0 Å². The van der Waals surface area contributed by atoms with Crippen molar-refractivity contribution >= 4 is 47.9 Å². The molecule has 0 fully saturated rings. The van der Waals surface area contributed by atoms with E-state index < -0.39 is 15.1 Å². The van der Waals surface area contributed by atoms with Crippen LogP contribution in [0.2, 0.25) is 0 Å². The normalized spacial score (nSPS) is 11.1. The number of hydrogen-bond donors (Lipinski definition) is 0. The summed E-state index contributed by atoms with van der Waals surface area (Å²) in [5.41, 5.74) is 8.65. The smallest absolute Gasteiger partial charge is 0.576 e. The molecule has 0 amide bonds. The van der Waals surface area contributed by atoms with Crippen LogP contribution in [0.1, 0.15) is 0 Å². The first-order valence-corrected chi connectivity index (χ1v) is 18.5. The van der Waals surface area contributed by atoms with Gasteiger partial charge in [0.1, 0.15) is 33.8 Å². The highest BCUT2D eigenvalue weighted by Crippen LogP contribution is 2.38. The number of aromatic nitrogens is 3. The summed E-state index contributed by atoms with van der Waals surface area (Å²) in [6, 6.07) is 54.9. The quantitative estimate of drug-likeness (QED) is 0.141. The van der Waals surface area contributed by atoms with Crippen LogP contribution in [-0.4, -0.2) is 30.1 Å². The van der Waals surface area contributed by atoms with Gasteiger partial charge >= 0.3 is 15.1 Å². The van der Waals surface area contributed by atoms with Crippen molar-refractivity contribution in [2.75, 3.05) is 0 Å². The third-order valence-corrected chi connectivity index (χ3v) is 10.5. The van der Waals surface area contributed by atoms with Gasteiger partial charge in [-0.15, -0.1) is 0 Å². The zero-order valence-corrected chi connectivity index (χ0v) is 29.1. The lowest BCUT2D eigenvalue weighted by Crippen LogP contribution is -2.37. The van der Waals surface area contributed by atoms with E-state index in [1.54, 1.807) is 18.6 Å². The summed E-state index contributed by atoms with van der Waals surface area (Å²) >= 11 is -3.12. The molecular weight excluding hydrogens is 657 g/mol. The van der Waals surface area contributed by atoms with Crippen LogP contribution in [-0.2, 0) is 0 Å². The summed E-state index contributed by atoms with van der Waals surface area (Å²) in [4.78, 5) is 14.4. The Hall–Kier alpha value is -6.52. The van der Waals surface area contributed by atoms with Crippen molar-refractivity contribution in [1.29, 1.82) is 0 Å². The van der Waals surface area contributed by atoms with Gasteiger partial charge in [-0.25, -0.2) is 0 Å². The van der Waals surface area contributed by atoms with E-state index in [0.29, 0.717) is 17.2 Å². The predicted octanol–water partition coefficient (Wildman–Crippen LogP) is 10.9. The van der Waals surface area contributed by atoms with Crippen LogP contribution in [0.25, 0.3) is 66.1 Å². The molecule has 0 saturated heterocycles. The molecule has 0 bridgehead atoms. The molecule has 0 aliphatic carbocycles. The molecule has 3 heterocycles. The van der Waals surface area contributed by atoms with Gasteiger partial charge in [0.2, 0.25) is 0 Å². The third-order valence-electron chi connectivity index (χ3n) is 9.12. The molecule has 3 aromatic heterocycles. The van der Waals surface area contributed by atoms with E-state index in [4.69, 9.17) is 26.3 Å². The lowest BCUT2D eigenvalue weighted by Gasteiger charge is -2.20. The molecule has 7 heteroatoms. The second-order valence-electron chi connectivity index (χ2n) is 12.3. The Morgan fingerprint density at radius 2 is 0.615 bits per heavy atom. The van der Waals surface area contributed by atoms with E-state index in [1.807, 2.05) is 91.0 Å². The molecule has 0 spiro atoms. The molecule has 0 atom stereocenters. The summed E-state index contributed by atoms with van der Waals surface area (Å²) in [6.45, 7) is 0. The molecule has 0 radical (unpaired) electrons. The average molecular weight is 688 g/mol. The van der Waals surface area contributed by atoms with E-state index in [2.05, 4.69) is 72.8 Å². The van der Waals surface area contributed by atoms with Gasteiger partial charge < -0.3 is 11.4 Å². The van der Waals surface area contributed by atoms with Crippen molar-refractivity contribution in [2.24, 2.45) is 0 Å². The lowest BCUT2D eigenvalue weighted by atomic mass is 10.0. The van der Waals surface area contributed by atoms with Crippen molar-refractivity contribution in [3.8, 4) is 50.6 Å². The first kappa shape index (κ1) is 31.5. The minimum Gasteiger partial charge on any atom is -0.576 e. The van der Waals surface area contributed by atoms with Crippen LogP contribution in [0.5, 0.6) is 17.2 Å². The average Bonchev–Trinajstić information content (AvgIpc) is 3.22. The monoisotopic (exact) mass is 687 g/mol. The summed E-state index contributed by atoms with van der Waals surface area (Å²) in [5.74, 6) is 1.72. The highest BCUT2D eigenvalue weighted by Gasteiger charge is 2.46. The molecule has 6 aromatic carbocycles. The Morgan fingerprint density at radius 1 is 0.308 bits per heavy atom. The Labute approximate surface area is 306 Å². The van der Waals surface area contributed by atoms with E-state index in [9.17, 15) is 0 Å². The van der Waals surface area contributed by atoms with Crippen LogP contribution in [0.15, 0.2) is 182 Å². The van der Waals surface area contributed by atoms with Crippen LogP contribution in [0, 0.1) is 0 Å². The van der Waals surface area contributed by atoms with Gasteiger partial charge in [-0.05, 0) is 69.8 Å². The minimum absolute atomic E-state index is 0.572. The van der Waals surface area contributed by atoms with E-state index in [0.717, 1.165) is 66.1 Å². The van der Waals surface area contributed by atoms with Crippen LogP contribution in [0.4, 0.5) is 0 Å². The van der Waals surface area contributed by atoms with E-state index in [-0.39, 0.29) is 0 Å². The van der Waals surface area contributed by atoms with Gasteiger partial charge in [-0.3, -0.25) is 15.0 Å². The first-order chi connectivity index (χ1) is 25.8. The summed E-state index contributed by atoms with van der Waals surface area (Å²) in [7, 11) is 0. The zero-order chi connectivity index (χ0) is 34.7. The fourth-order valence-corrected chi connectivity index (χ4v) is 8.05. The molecule has 0 saturated carbocycles. The molecule has 0 N–H and O–H groups in total. The van der Waals surface area contributed by atoms with Gasteiger partial charge in [0.05, 0.1) is 0 Å². The van der Waals surface area contributed by atoms with Crippen LogP contribution < -0.4 is 11.4 Å². The number of nitrogens with zero attached hydrogens (tertiary/aromatic N) is 3. The lowest BCUT2D eigenvalue weighted by molar-refractivity contribution is 0.311. The number of rotatable bonds is 9. The van der Waals surface area contributed by atoms with Crippen molar-refractivity contribution in [3.63, 3.8) is 0 Å². The number of pyridine rings is 3. The van der Waals surface area contributed by atoms with Crippen LogP contribution >= 0.6 is 0 Å². The number of benzene rings is 6. The highest BCUT2D eigenvalue weighted by molar-refractivity contribution is 6.40. The second kappa shape index (κ2) is 14.0. The standard InChI is InChI=1S/3C15H11NO.Al/c3*17-14-9-8-12(11-5-2-1-3-6-11)13-7-4-10-16-15(13)14;/h3*1-10,17H;/q;;;+3/p-3. The molecule has 0 aliphatic heterocycles. The maximum absolute atomic E-state index is 6.83. The molecule has 9 aromatic rings. The summed E-state index contributed by atoms with van der Waals surface area (Å²) in [5, 5.41) is 2.91. The summed E-state index contributed by atoms with van der Waals surface area (Å²) in [6.07, 6.45) is 5.34. The van der Waals surface area contributed by atoms with Gasteiger partial charge in [-0.2, -0.15) is 0 Å². The van der Waals surface area contributed by atoms with E-state index in [1.165, 1.54) is 0 Å². The van der Waals surface area contributed by atoms with Crippen molar-refractivity contribution < 1.29 is 11.4 Å². The Bertz CT molecular complexity index is 2380. The largest absolute Gasteiger partial charge is 1.20 e. The molecule has 246 valence electrons. The SMILES string of the molecule is c1ccc(-c2ccc([O][Al]([O]c3ccc(-c4ccccc4)c4cccnc34)[O]c3ccc(-c4ccccc4)c4cccnc34)c3ncccc23)cc1. The van der Waals surface area contributed by atoms with Crippen molar-refractivity contribution in [3.05, 3.63) is 182 Å². The van der Waals surface area contributed by atoms with Gasteiger partial charge in [0.15, 0.2) is 0 Å². The zero-order valence-electron chi connectivity index (χ0n) is 28.0. The summed E-state index contributed by atoms with van der Waals surface area (Å²) < 4.78 is 20.5. The van der Waals surface area contributed by atoms with Crippen molar-refractivity contribution in [2.45, 2.75) is 0 Å². The third kappa shape index (κ3) is 6.09. The van der Waals surface area contributed by atoms with Gasteiger partial charge in [-0.1, -0.05) is 127 Å². The predicted molar refractivity (Wildman–Crippen MR) is 209 cm³/mol. The molecule has 0 unspecified atom stereocenters. The molecule has 52 heavy (non-hydrogen) atoms. The molecule has 0 aliphatic rings. The van der Waals surface area contributed by atoms with Crippen LogP contribution in [0.3, 0.4) is 0 Å². The fraction of sp³-hybridized carbons (Fsp3) is 0. The Morgan fingerprint density at radius 3 is 0.923 bits per heavy atom. The number of fused-ring (bicyclic) bond motifs is 3. The minimum atomic E-state index is -3.12. The number of hydrogen-bond acceptors (Lipinski definition) is 6. The Kier molecular flexibility index (Phi) is 8.48. The molecule has 9 rings (SSSR count). The first-order valence-electron chi connectivity index (χ1n) is 17.1. The maximum Gasteiger partial charge on any atom is 1.20 e. The fourth-order valence-electron chi connectivity index (χ4n) is 6.72. The Balaban J connectivity index is 1.16. The highest BCUT2D eigenvalue weighted by atomic mass is 27.3. The molecule has 6 nitrogen and oxygen atoms in total. The van der Waals surface area contributed by atoms with Gasteiger partial charge in [0, 0.05) is 34.7 Å².